The van der Waals surface area contributed by atoms with Gasteiger partial charge in [0.1, 0.15) is 0 Å². The van der Waals surface area contributed by atoms with E-state index in [9.17, 15) is 0 Å². The van der Waals surface area contributed by atoms with Crippen molar-refractivity contribution in [3.63, 3.8) is 0 Å². The van der Waals surface area contributed by atoms with Crippen molar-refractivity contribution >= 4 is 16.4 Å². The van der Waals surface area contributed by atoms with Crippen LogP contribution in [0.25, 0.3) is 0 Å². The van der Waals surface area contributed by atoms with Crippen LogP contribution in [0, 0.1) is 0 Å². The monoisotopic (exact) mass is 117 g/mol. The predicted octanol–water partition coefficient (Wildman–Crippen LogP) is 1.44. The minimum atomic E-state index is -0.477. The Morgan fingerprint density at radius 3 is 2.43 bits per heavy atom. The highest BCUT2D eigenvalue weighted by Gasteiger charge is 2.11. The van der Waals surface area contributed by atoms with Gasteiger partial charge in [0.2, 0.25) is 0 Å². The second-order valence-corrected chi connectivity index (χ2v) is 5.84. The van der Waals surface area contributed by atoms with Gasteiger partial charge in [0.25, 0.3) is 0 Å². The summed E-state index contributed by atoms with van der Waals surface area (Å²) in [5, 5.41) is 0. The summed E-state index contributed by atoms with van der Waals surface area (Å²) in [6.45, 7) is 0. The highest BCUT2D eigenvalue weighted by Crippen LogP contribution is 2.44. The van der Waals surface area contributed by atoms with E-state index in [2.05, 4.69) is 23.1 Å². The second kappa shape index (κ2) is 1.51. The predicted molar refractivity (Wildman–Crippen MR) is 37.4 cm³/mol. The summed E-state index contributed by atoms with van der Waals surface area (Å²) in [5.74, 6) is 1.31. The number of hydrogen-bond donors (Lipinski definition) is 0. The average molecular weight is 117 g/mol. The maximum absolute atomic E-state index is 4.33. The molecule has 0 amide bonds. The Labute approximate surface area is 46.3 Å². The molecule has 0 unspecified atom stereocenters. The minimum Gasteiger partial charge on any atom is -0.250 e. The second-order valence-electron chi connectivity index (χ2n) is 2.26. The lowest BCUT2D eigenvalue weighted by molar-refractivity contribution is 1.37. The van der Waals surface area contributed by atoms with Crippen molar-refractivity contribution in [1.29, 1.82) is 0 Å². The Morgan fingerprint density at radius 2 is 2.29 bits per heavy atom. The zero-order valence-electron chi connectivity index (χ0n) is 4.85. The summed E-state index contributed by atoms with van der Waals surface area (Å²) in [6, 6.07) is 0. The first kappa shape index (κ1) is 5.16. The molecule has 0 aromatic carbocycles. The molecule has 1 rings (SSSR count). The number of hydrogen-bond acceptors (Lipinski definition) is 1. The van der Waals surface area contributed by atoms with E-state index in [-0.39, 0.29) is 0 Å². The summed E-state index contributed by atoms with van der Waals surface area (Å²) < 4.78 is 4.33. The first-order valence-corrected chi connectivity index (χ1v) is 5.03. The highest BCUT2D eigenvalue weighted by molar-refractivity contribution is 8.31. The third-order valence-corrected chi connectivity index (χ3v) is 3.06. The van der Waals surface area contributed by atoms with Gasteiger partial charge < -0.3 is 0 Å². The number of rotatable bonds is 0. The van der Waals surface area contributed by atoms with Gasteiger partial charge in [0, 0.05) is 6.21 Å². The van der Waals surface area contributed by atoms with Crippen LogP contribution in [0.15, 0.2) is 4.40 Å². The van der Waals surface area contributed by atoms with Crippen LogP contribution in [0.4, 0.5) is 0 Å². The maximum Gasteiger partial charge on any atom is 0.0115 e. The quantitative estimate of drug-likeness (QED) is 0.455. The molecular formula is C5H11NS. The first-order chi connectivity index (χ1) is 3.21. The topological polar surface area (TPSA) is 12.4 Å². The van der Waals surface area contributed by atoms with Gasteiger partial charge >= 0.3 is 0 Å². The van der Waals surface area contributed by atoms with E-state index >= 15 is 0 Å². The van der Waals surface area contributed by atoms with Crippen LogP contribution in [-0.2, 0) is 0 Å². The summed E-state index contributed by atoms with van der Waals surface area (Å²) in [5.41, 5.74) is 0. The molecule has 0 atom stereocenters. The van der Waals surface area contributed by atoms with Gasteiger partial charge in [0.15, 0.2) is 0 Å². The van der Waals surface area contributed by atoms with Crippen LogP contribution in [0.1, 0.15) is 6.42 Å². The van der Waals surface area contributed by atoms with Crippen LogP contribution in [0.2, 0.25) is 0 Å². The Kier molecular flexibility index (Phi) is 1.11. The van der Waals surface area contributed by atoms with Crippen molar-refractivity contribution in [3.05, 3.63) is 0 Å². The number of nitrogens with zero attached hydrogens (tertiary/aromatic N) is 1. The molecule has 42 valence electrons. The van der Waals surface area contributed by atoms with E-state index in [1.165, 1.54) is 12.2 Å². The Balaban J connectivity index is 2.57. The lowest BCUT2D eigenvalue weighted by Gasteiger charge is -2.18. The van der Waals surface area contributed by atoms with Gasteiger partial charge in [-0.05, 0) is 24.7 Å². The van der Waals surface area contributed by atoms with E-state index < -0.39 is 10.2 Å². The third kappa shape index (κ3) is 1.20. The Morgan fingerprint density at radius 1 is 1.57 bits per heavy atom. The van der Waals surface area contributed by atoms with Crippen LogP contribution in [0.5, 0.6) is 0 Å². The molecule has 0 saturated carbocycles. The summed E-state index contributed by atoms with van der Waals surface area (Å²) in [4.78, 5) is 0. The SMILES string of the molecule is CS1(C)CCC=N1. The summed E-state index contributed by atoms with van der Waals surface area (Å²) in [7, 11) is -0.477. The fourth-order valence-electron chi connectivity index (χ4n) is 0.648. The molecule has 0 radical (unpaired) electrons. The molecule has 1 aliphatic heterocycles. The summed E-state index contributed by atoms with van der Waals surface area (Å²) in [6.07, 6.45) is 7.75. The van der Waals surface area contributed by atoms with E-state index in [0.717, 1.165) is 0 Å². The van der Waals surface area contributed by atoms with Crippen molar-refractivity contribution in [2.75, 3.05) is 18.3 Å². The normalized spacial score (nSPS) is 30.6. The molecule has 0 N–H and O–H groups in total. The fourth-order valence-corrected chi connectivity index (χ4v) is 1.94. The van der Waals surface area contributed by atoms with Gasteiger partial charge in [-0.15, -0.1) is 0 Å². The van der Waals surface area contributed by atoms with Crippen molar-refractivity contribution in [1.82, 2.24) is 0 Å². The molecule has 7 heavy (non-hydrogen) atoms. The molecular weight excluding hydrogens is 106 g/mol. The van der Waals surface area contributed by atoms with Crippen LogP contribution < -0.4 is 0 Å². The van der Waals surface area contributed by atoms with Gasteiger partial charge in [0.05, 0.1) is 0 Å². The maximum atomic E-state index is 4.33. The zero-order chi connectivity index (χ0) is 5.33. The van der Waals surface area contributed by atoms with Gasteiger partial charge in [-0.25, -0.2) is 0 Å². The average Bonchev–Trinajstić information content (AvgIpc) is 1.84. The van der Waals surface area contributed by atoms with Crippen molar-refractivity contribution in [3.8, 4) is 0 Å². The van der Waals surface area contributed by atoms with Gasteiger partial charge in [-0.3, -0.25) is 4.40 Å². The molecule has 0 aromatic rings. The van der Waals surface area contributed by atoms with E-state index in [1.807, 2.05) is 0 Å². The lowest BCUT2D eigenvalue weighted by atomic mass is 10.6. The first-order valence-electron chi connectivity index (χ1n) is 2.45. The van der Waals surface area contributed by atoms with Gasteiger partial charge in [-0.2, -0.15) is 10.2 Å². The molecule has 0 fully saturated rings. The Hall–Kier alpha value is 0.0200. The van der Waals surface area contributed by atoms with Crippen molar-refractivity contribution < 1.29 is 0 Å². The molecule has 1 aliphatic rings. The standard InChI is InChI=1S/C5H11NS/c1-7(2)5-3-4-6-7/h4H,3,5H2,1-2H3. The lowest BCUT2D eigenvalue weighted by Crippen LogP contribution is -1.88. The molecule has 1 nitrogen and oxygen atoms in total. The van der Waals surface area contributed by atoms with Crippen LogP contribution >= 0.6 is 10.2 Å². The Bertz CT molecular complexity index is 96.3. The largest absolute Gasteiger partial charge is 0.250 e. The molecule has 2 heteroatoms. The zero-order valence-corrected chi connectivity index (χ0v) is 5.66. The van der Waals surface area contributed by atoms with Crippen molar-refractivity contribution in [2.24, 2.45) is 4.40 Å². The fraction of sp³-hybridized carbons (Fsp3) is 0.800. The van der Waals surface area contributed by atoms with E-state index in [4.69, 9.17) is 0 Å². The van der Waals surface area contributed by atoms with E-state index in [1.54, 1.807) is 0 Å². The minimum absolute atomic E-state index is 0.477. The summed E-state index contributed by atoms with van der Waals surface area (Å²) >= 11 is 0. The van der Waals surface area contributed by atoms with Crippen LogP contribution in [-0.4, -0.2) is 24.5 Å². The molecule has 0 saturated heterocycles. The smallest absolute Gasteiger partial charge is 0.0115 e. The van der Waals surface area contributed by atoms with Gasteiger partial charge in [-0.1, -0.05) is 0 Å². The highest BCUT2D eigenvalue weighted by atomic mass is 32.3. The van der Waals surface area contributed by atoms with Crippen molar-refractivity contribution in [2.45, 2.75) is 6.42 Å². The molecule has 0 spiro atoms. The molecule has 1 heterocycles. The molecule has 0 aliphatic carbocycles. The molecule has 0 aromatic heterocycles. The third-order valence-electron chi connectivity index (χ3n) is 1.11. The molecule has 0 bridgehead atoms. The van der Waals surface area contributed by atoms with E-state index in [0.29, 0.717) is 0 Å². The van der Waals surface area contributed by atoms with Crippen LogP contribution in [0.3, 0.4) is 0 Å².